The van der Waals surface area contributed by atoms with Crippen molar-refractivity contribution in [2.24, 2.45) is 44.4 Å². The van der Waals surface area contributed by atoms with E-state index >= 15 is 0 Å². The van der Waals surface area contributed by atoms with E-state index in [0.29, 0.717) is 58.4 Å². The van der Waals surface area contributed by atoms with Crippen LogP contribution < -0.4 is 55.7 Å². The molecule has 0 bridgehead atoms. The second kappa shape index (κ2) is 23.8. The monoisotopic (exact) mass is 726 g/mol. The third kappa shape index (κ3) is 17.3. The molecule has 3 rings (SSSR count). The third-order valence-corrected chi connectivity index (χ3v) is 8.33. The summed E-state index contributed by atoms with van der Waals surface area (Å²) >= 11 is 0. The fourth-order valence-corrected chi connectivity index (χ4v) is 5.43. The molecular weight excluding hydrogens is 664 g/mol. The molecule has 16 N–H and O–H groups in total. The maximum absolute atomic E-state index is 11.8. The van der Waals surface area contributed by atoms with Crippen molar-refractivity contribution in [3.05, 3.63) is 0 Å². The summed E-state index contributed by atoms with van der Waals surface area (Å²) in [6, 6.07) is -2.21. The van der Waals surface area contributed by atoms with Gasteiger partial charge in [-0.1, -0.05) is 27.2 Å². The predicted octanol–water partition coefficient (Wildman–Crippen LogP) is -4.49. The summed E-state index contributed by atoms with van der Waals surface area (Å²) in [5.41, 5.74) is 31.2. The average molecular weight is 727 g/mol. The molecule has 0 aromatic carbocycles. The van der Waals surface area contributed by atoms with E-state index in [1.165, 1.54) is 6.92 Å². The van der Waals surface area contributed by atoms with Gasteiger partial charge >= 0.3 is 0 Å². The normalized spacial score (nSPS) is 24.7. The molecule has 292 valence electrons. The Balaban J connectivity index is 0.000000735. The number of hydrogen-bond donors (Lipinski definition) is 10. The van der Waals surface area contributed by atoms with Crippen LogP contribution in [0, 0.1) is 0 Å². The lowest BCUT2D eigenvalue weighted by Gasteiger charge is -2.35. The summed E-state index contributed by atoms with van der Waals surface area (Å²) in [7, 11) is 3.58. The molecule has 0 radical (unpaired) electrons. The van der Waals surface area contributed by atoms with E-state index in [-0.39, 0.29) is 67.0 Å². The summed E-state index contributed by atoms with van der Waals surface area (Å²) in [5.74, 6) is -1.34. The highest BCUT2D eigenvalue weighted by atomic mass is 16.2. The molecule has 0 aromatic heterocycles. The second-order valence-electron chi connectivity index (χ2n) is 12.5. The number of aliphatic imine (C=N–C) groups is 2. The van der Waals surface area contributed by atoms with Crippen LogP contribution in [0.15, 0.2) is 9.98 Å². The summed E-state index contributed by atoms with van der Waals surface area (Å²) in [6.45, 7) is 5.98. The molecular formula is C31H62N14O6. The lowest BCUT2D eigenvalue weighted by molar-refractivity contribution is -0.135. The smallest absolute Gasteiger partial charge is 0.241 e. The fourth-order valence-electron chi connectivity index (χ4n) is 5.43. The van der Waals surface area contributed by atoms with Crippen LogP contribution in [0.25, 0.3) is 0 Å². The topological polar surface area (TPSA) is 338 Å². The Kier molecular flexibility index (Phi) is 21.6. The molecule has 0 spiro atoms. The van der Waals surface area contributed by atoms with Gasteiger partial charge in [-0.05, 0) is 53.1 Å². The number of nitrogens with one attached hydrogen (secondary N) is 4. The molecule has 3 aliphatic rings. The van der Waals surface area contributed by atoms with Crippen LogP contribution in [0.2, 0.25) is 0 Å². The Labute approximate surface area is 300 Å². The van der Waals surface area contributed by atoms with Crippen molar-refractivity contribution in [2.45, 2.75) is 102 Å². The van der Waals surface area contributed by atoms with E-state index in [4.69, 9.17) is 34.4 Å². The van der Waals surface area contributed by atoms with Gasteiger partial charge in [0.1, 0.15) is 12.1 Å². The number of carbonyl (C=O) groups excluding carboxylic acids is 6. The SMILES string of the molecule is C.CCCC[C@@H]1NC[C@H](C(C)=O)NC1=O.CN1C[C@H](C(N)=O)NC(=O)[C@@H]1CCCN=C(N)N.CN1C[C@H](C(N)=O)NC(=O)[C@@H]1CCCN=C(N)N. The van der Waals surface area contributed by atoms with Gasteiger partial charge in [-0.25, -0.2) is 0 Å². The largest absolute Gasteiger partial charge is 0.370 e. The number of hydrogen-bond acceptors (Lipinski definition) is 11. The van der Waals surface area contributed by atoms with Gasteiger partial charge in [-0.15, -0.1) is 0 Å². The van der Waals surface area contributed by atoms with Gasteiger partial charge in [-0.2, -0.15) is 0 Å². The molecule has 51 heavy (non-hydrogen) atoms. The third-order valence-electron chi connectivity index (χ3n) is 8.33. The van der Waals surface area contributed by atoms with Crippen molar-refractivity contribution in [1.82, 2.24) is 31.1 Å². The number of ketones is 1. The number of primary amides is 2. The molecule has 3 heterocycles. The minimum absolute atomic E-state index is 0. The summed E-state index contributed by atoms with van der Waals surface area (Å²) in [5, 5.41) is 11.0. The van der Waals surface area contributed by atoms with E-state index in [1.54, 1.807) is 14.1 Å². The number of guanidine groups is 2. The maximum atomic E-state index is 11.8. The van der Waals surface area contributed by atoms with Crippen LogP contribution in [0.4, 0.5) is 0 Å². The Morgan fingerprint density at radius 3 is 1.41 bits per heavy atom. The van der Waals surface area contributed by atoms with Gasteiger partial charge in [0.25, 0.3) is 0 Å². The first-order chi connectivity index (χ1) is 23.5. The molecule has 20 heteroatoms. The van der Waals surface area contributed by atoms with Gasteiger partial charge in [0.05, 0.1) is 24.2 Å². The number of rotatable bonds is 14. The highest BCUT2D eigenvalue weighted by Crippen LogP contribution is 2.13. The first kappa shape index (κ1) is 46.4. The summed E-state index contributed by atoms with van der Waals surface area (Å²) in [6.07, 6.45) is 5.63. The van der Waals surface area contributed by atoms with E-state index in [2.05, 4.69) is 38.2 Å². The Morgan fingerprint density at radius 2 is 1.10 bits per heavy atom. The Morgan fingerprint density at radius 1 is 0.686 bits per heavy atom. The number of unbranched alkanes of at least 4 members (excludes halogenated alkanes) is 1. The molecule has 5 amide bonds. The molecule has 3 fully saturated rings. The lowest BCUT2D eigenvalue weighted by Crippen LogP contribution is -2.62. The number of carbonyl (C=O) groups is 6. The van der Waals surface area contributed by atoms with Crippen molar-refractivity contribution >= 4 is 47.2 Å². The first-order valence-corrected chi connectivity index (χ1v) is 16.7. The molecule has 0 aliphatic carbocycles. The van der Waals surface area contributed by atoms with Crippen LogP contribution >= 0.6 is 0 Å². The highest BCUT2D eigenvalue weighted by molar-refractivity contribution is 5.92. The van der Waals surface area contributed by atoms with E-state index in [0.717, 1.165) is 19.3 Å². The Hall–Kier alpha value is -4.56. The van der Waals surface area contributed by atoms with Gasteiger partial charge in [0.15, 0.2) is 17.7 Å². The van der Waals surface area contributed by atoms with Gasteiger partial charge in [-0.3, -0.25) is 48.6 Å². The maximum Gasteiger partial charge on any atom is 0.241 e. The molecule has 0 saturated carbocycles. The molecule has 0 unspecified atom stereocenters. The van der Waals surface area contributed by atoms with Crippen LogP contribution in [0.1, 0.15) is 66.2 Å². The fraction of sp³-hybridized carbons (Fsp3) is 0.742. The first-order valence-electron chi connectivity index (χ1n) is 16.7. The lowest BCUT2D eigenvalue weighted by atomic mass is 10.0. The predicted molar refractivity (Wildman–Crippen MR) is 196 cm³/mol. The van der Waals surface area contributed by atoms with Gasteiger partial charge in [0, 0.05) is 32.7 Å². The van der Waals surface area contributed by atoms with Gasteiger partial charge in [0.2, 0.25) is 29.5 Å². The highest BCUT2D eigenvalue weighted by Gasteiger charge is 2.35. The van der Waals surface area contributed by atoms with Crippen LogP contribution in [0.5, 0.6) is 0 Å². The van der Waals surface area contributed by atoms with E-state index < -0.39 is 23.9 Å². The van der Waals surface area contributed by atoms with Gasteiger partial charge < -0.3 is 55.7 Å². The number of piperazine rings is 3. The number of likely N-dealkylation sites (N-methyl/N-ethyl adjacent to an activating group) is 2. The van der Waals surface area contributed by atoms with Crippen LogP contribution in [-0.2, 0) is 28.8 Å². The number of nitrogens with two attached hydrogens (primary N) is 6. The van der Waals surface area contributed by atoms with Crippen LogP contribution in [0.3, 0.4) is 0 Å². The quantitative estimate of drug-likeness (QED) is 0.0459. The second-order valence-corrected chi connectivity index (χ2v) is 12.5. The van der Waals surface area contributed by atoms with Crippen molar-refractivity contribution in [2.75, 3.05) is 46.8 Å². The number of nitrogens with zero attached hydrogens (tertiary/aromatic N) is 4. The number of Topliss-reactive ketones (excluding diaryl/α,β-unsaturated/α-hetero) is 1. The van der Waals surface area contributed by atoms with E-state index in [9.17, 15) is 28.8 Å². The minimum atomic E-state index is -0.614. The summed E-state index contributed by atoms with van der Waals surface area (Å²) in [4.78, 5) is 79.5. The minimum Gasteiger partial charge on any atom is -0.370 e. The zero-order valence-corrected chi connectivity index (χ0v) is 29.7. The van der Waals surface area contributed by atoms with Crippen molar-refractivity contribution in [3.8, 4) is 0 Å². The Bertz CT molecular complexity index is 1160. The molecule has 20 nitrogen and oxygen atoms in total. The van der Waals surface area contributed by atoms with Crippen molar-refractivity contribution in [1.29, 1.82) is 0 Å². The molecule has 6 atom stereocenters. The van der Waals surface area contributed by atoms with Crippen molar-refractivity contribution in [3.63, 3.8) is 0 Å². The molecule has 3 saturated heterocycles. The standard InChI is InChI=1S/2C10H20N6O2.C10H18N2O2.CH4/c2*1-16-5-6(8(11)17)15-9(18)7(16)3-2-4-14-10(12)13;1-3-4-5-8-10(14)12-9(6-11-8)7(2)13;/h2*6-7H,2-5H2,1H3,(H2,11,17)(H,15,18)(H4,12,13,14);8-9,11H,3-6H2,1-2H3,(H,12,14);1H4/t2*6-,7+;8-,9+;/m110./s1. The summed E-state index contributed by atoms with van der Waals surface area (Å²) < 4.78 is 0. The zero-order valence-electron chi connectivity index (χ0n) is 29.7. The zero-order chi connectivity index (χ0) is 38.0. The van der Waals surface area contributed by atoms with Crippen molar-refractivity contribution < 1.29 is 28.8 Å². The molecule has 3 aliphatic heterocycles. The van der Waals surface area contributed by atoms with E-state index in [1.807, 2.05) is 9.80 Å². The van der Waals surface area contributed by atoms with Crippen LogP contribution in [-0.4, -0.2) is 140 Å². The average Bonchev–Trinajstić information content (AvgIpc) is 3.02. The molecule has 0 aromatic rings. The number of amides is 5.